The highest BCUT2D eigenvalue weighted by atomic mass is 16.3. The van der Waals surface area contributed by atoms with Crippen LogP contribution in [0.25, 0.3) is 0 Å². The van der Waals surface area contributed by atoms with Crippen LogP contribution in [0.1, 0.15) is 51.5 Å². The van der Waals surface area contributed by atoms with Crippen molar-refractivity contribution in [1.29, 1.82) is 0 Å². The van der Waals surface area contributed by atoms with E-state index in [0.29, 0.717) is 12.0 Å². The first-order chi connectivity index (χ1) is 9.70. The van der Waals surface area contributed by atoms with E-state index in [1.807, 2.05) is 6.92 Å². The summed E-state index contributed by atoms with van der Waals surface area (Å²) in [5.74, 6) is 0.660. The number of benzene rings is 1. The first-order valence-corrected chi connectivity index (χ1v) is 8.16. The average molecular weight is 275 g/mol. The fourth-order valence-corrected chi connectivity index (χ4v) is 3.65. The van der Waals surface area contributed by atoms with Crippen LogP contribution in [0.4, 0.5) is 0 Å². The van der Waals surface area contributed by atoms with Crippen molar-refractivity contribution < 1.29 is 5.11 Å². The summed E-state index contributed by atoms with van der Waals surface area (Å²) in [6.07, 6.45) is 5.81. The Bertz CT molecular complexity index is 376. The van der Waals surface area contributed by atoms with Crippen molar-refractivity contribution in [3.8, 4) is 0 Å². The van der Waals surface area contributed by atoms with E-state index in [1.165, 1.54) is 37.8 Å². The summed E-state index contributed by atoms with van der Waals surface area (Å²) >= 11 is 0. The number of aliphatic hydroxyl groups excluding tert-OH is 1. The van der Waals surface area contributed by atoms with Gasteiger partial charge in [-0.25, -0.2) is 0 Å². The molecule has 3 atom stereocenters. The van der Waals surface area contributed by atoms with Gasteiger partial charge in [0.15, 0.2) is 0 Å². The molecule has 1 heterocycles. The van der Waals surface area contributed by atoms with E-state index >= 15 is 0 Å². The van der Waals surface area contributed by atoms with Gasteiger partial charge in [0.1, 0.15) is 0 Å². The van der Waals surface area contributed by atoms with Crippen LogP contribution in [0, 0.1) is 5.92 Å². The second-order valence-electron chi connectivity index (χ2n) is 6.30. The van der Waals surface area contributed by atoms with Gasteiger partial charge in [-0.05, 0) is 50.6 Å². The molecule has 0 saturated carbocycles. The van der Waals surface area contributed by atoms with Crippen molar-refractivity contribution in [1.82, 2.24) is 4.90 Å². The number of piperidine rings is 1. The van der Waals surface area contributed by atoms with Crippen LogP contribution in [-0.4, -0.2) is 28.7 Å². The van der Waals surface area contributed by atoms with E-state index < -0.39 is 0 Å². The molecule has 112 valence electrons. The van der Waals surface area contributed by atoms with Crippen molar-refractivity contribution in [2.75, 3.05) is 6.54 Å². The second-order valence-corrected chi connectivity index (χ2v) is 6.30. The molecular formula is C18H29NO. The zero-order valence-electron chi connectivity index (χ0n) is 13.0. The molecule has 0 aliphatic carbocycles. The highest BCUT2D eigenvalue weighted by Gasteiger charge is 2.31. The minimum absolute atomic E-state index is 0.170. The maximum Gasteiger partial charge on any atom is 0.0515 e. The third-order valence-corrected chi connectivity index (χ3v) is 4.49. The summed E-state index contributed by atoms with van der Waals surface area (Å²) in [5.41, 5.74) is 1.41. The van der Waals surface area contributed by atoms with Gasteiger partial charge in [-0.1, -0.05) is 43.7 Å². The van der Waals surface area contributed by atoms with Crippen molar-refractivity contribution in [2.24, 2.45) is 5.92 Å². The van der Waals surface area contributed by atoms with Gasteiger partial charge in [0, 0.05) is 12.6 Å². The highest BCUT2D eigenvalue weighted by molar-refractivity contribution is 5.14. The molecule has 0 bridgehead atoms. The number of hydrogen-bond acceptors (Lipinski definition) is 2. The monoisotopic (exact) mass is 275 g/mol. The van der Waals surface area contributed by atoms with Gasteiger partial charge in [0.05, 0.1) is 6.10 Å². The zero-order valence-corrected chi connectivity index (χ0v) is 13.0. The van der Waals surface area contributed by atoms with Crippen molar-refractivity contribution >= 4 is 0 Å². The molecule has 0 amide bonds. The molecule has 1 unspecified atom stereocenters. The molecule has 1 aromatic carbocycles. The zero-order chi connectivity index (χ0) is 14.4. The van der Waals surface area contributed by atoms with Crippen LogP contribution in [0.3, 0.4) is 0 Å². The number of hydrogen-bond donors (Lipinski definition) is 1. The Morgan fingerprint density at radius 1 is 1.30 bits per heavy atom. The van der Waals surface area contributed by atoms with E-state index in [0.717, 1.165) is 13.0 Å². The molecule has 1 fully saturated rings. The first kappa shape index (κ1) is 15.5. The normalized spacial score (nSPS) is 25.6. The molecule has 20 heavy (non-hydrogen) atoms. The molecule has 1 N–H and O–H groups in total. The van der Waals surface area contributed by atoms with Crippen molar-refractivity contribution in [2.45, 2.75) is 64.6 Å². The van der Waals surface area contributed by atoms with Gasteiger partial charge in [-0.3, -0.25) is 4.90 Å². The van der Waals surface area contributed by atoms with Gasteiger partial charge in [0.25, 0.3) is 0 Å². The molecular weight excluding hydrogens is 246 g/mol. The Labute approximate surface area is 123 Å². The third-order valence-electron chi connectivity index (χ3n) is 4.49. The summed E-state index contributed by atoms with van der Waals surface area (Å²) in [5, 5.41) is 9.75. The summed E-state index contributed by atoms with van der Waals surface area (Å²) in [4.78, 5) is 2.65. The van der Waals surface area contributed by atoms with Gasteiger partial charge in [0.2, 0.25) is 0 Å². The number of likely N-dealkylation sites (tertiary alicyclic amines) is 1. The topological polar surface area (TPSA) is 23.5 Å². The third kappa shape index (κ3) is 4.32. The van der Waals surface area contributed by atoms with E-state index in [1.54, 1.807) is 0 Å². The van der Waals surface area contributed by atoms with Gasteiger partial charge >= 0.3 is 0 Å². The standard InChI is InChI=1S/C18H29NO/c1-3-8-18-17(13-15(2)20)11-7-12-19(18)14-16-9-5-4-6-10-16/h4-6,9-10,15,17-18,20H,3,7-8,11-14H2,1-2H3/t15?,17-,18-/m1/s1. The van der Waals surface area contributed by atoms with Gasteiger partial charge in [-0.2, -0.15) is 0 Å². The number of aliphatic hydroxyl groups is 1. The quantitative estimate of drug-likeness (QED) is 0.852. The average Bonchev–Trinajstić information content (AvgIpc) is 2.43. The molecule has 1 aromatic rings. The van der Waals surface area contributed by atoms with Crippen LogP contribution in [0.5, 0.6) is 0 Å². The number of rotatable bonds is 6. The van der Waals surface area contributed by atoms with E-state index in [-0.39, 0.29) is 6.10 Å². The minimum Gasteiger partial charge on any atom is -0.393 e. The molecule has 0 radical (unpaired) electrons. The van der Waals surface area contributed by atoms with Crippen LogP contribution in [0.2, 0.25) is 0 Å². The van der Waals surface area contributed by atoms with E-state index in [2.05, 4.69) is 42.2 Å². The molecule has 1 aliphatic rings. The lowest BCUT2D eigenvalue weighted by Gasteiger charge is -2.42. The summed E-state index contributed by atoms with van der Waals surface area (Å²) in [7, 11) is 0. The molecule has 0 aromatic heterocycles. The van der Waals surface area contributed by atoms with Crippen molar-refractivity contribution in [3.05, 3.63) is 35.9 Å². The van der Waals surface area contributed by atoms with Crippen LogP contribution < -0.4 is 0 Å². The molecule has 2 heteroatoms. The SMILES string of the molecule is CCC[C@@H]1[C@@H](CC(C)O)CCCN1Cc1ccccc1. The minimum atomic E-state index is -0.170. The summed E-state index contributed by atoms with van der Waals surface area (Å²) < 4.78 is 0. The molecule has 2 rings (SSSR count). The lowest BCUT2D eigenvalue weighted by molar-refractivity contribution is 0.0469. The predicted molar refractivity (Wildman–Crippen MR) is 84.6 cm³/mol. The van der Waals surface area contributed by atoms with Crippen molar-refractivity contribution in [3.63, 3.8) is 0 Å². The fraction of sp³-hybridized carbons (Fsp3) is 0.667. The Kier molecular flexibility index (Phi) is 6.06. The second kappa shape index (κ2) is 7.80. The molecule has 2 nitrogen and oxygen atoms in total. The highest BCUT2D eigenvalue weighted by Crippen LogP contribution is 2.31. The molecule has 1 saturated heterocycles. The first-order valence-electron chi connectivity index (χ1n) is 8.16. The van der Waals surface area contributed by atoms with E-state index in [4.69, 9.17) is 0 Å². The largest absolute Gasteiger partial charge is 0.393 e. The van der Waals surface area contributed by atoms with Crippen LogP contribution in [-0.2, 0) is 6.54 Å². The van der Waals surface area contributed by atoms with Crippen LogP contribution in [0.15, 0.2) is 30.3 Å². The maximum atomic E-state index is 9.75. The fourth-order valence-electron chi connectivity index (χ4n) is 3.65. The summed E-state index contributed by atoms with van der Waals surface area (Å²) in [6.45, 7) is 6.46. The smallest absolute Gasteiger partial charge is 0.0515 e. The van der Waals surface area contributed by atoms with Gasteiger partial charge in [-0.15, -0.1) is 0 Å². The predicted octanol–water partition coefficient (Wildman–Crippen LogP) is 3.84. The number of nitrogens with zero attached hydrogens (tertiary/aromatic N) is 1. The Morgan fingerprint density at radius 2 is 2.05 bits per heavy atom. The Morgan fingerprint density at radius 3 is 2.70 bits per heavy atom. The van der Waals surface area contributed by atoms with Crippen LogP contribution >= 0.6 is 0 Å². The summed E-state index contributed by atoms with van der Waals surface area (Å²) in [6, 6.07) is 11.4. The Hall–Kier alpha value is -0.860. The molecule has 1 aliphatic heterocycles. The van der Waals surface area contributed by atoms with E-state index in [9.17, 15) is 5.11 Å². The van der Waals surface area contributed by atoms with Gasteiger partial charge < -0.3 is 5.11 Å². The Balaban J connectivity index is 2.04. The maximum absolute atomic E-state index is 9.75. The lowest BCUT2D eigenvalue weighted by atomic mass is 9.82. The molecule has 0 spiro atoms. The lowest BCUT2D eigenvalue weighted by Crippen LogP contribution is -2.45.